The molecule has 0 bridgehead atoms. The fraction of sp³-hybridized carbons (Fsp3) is 0.444. The van der Waals surface area contributed by atoms with E-state index in [0.717, 1.165) is 50.0 Å². The first kappa shape index (κ1) is 32.7. The Labute approximate surface area is 251 Å². The van der Waals surface area contributed by atoms with Crippen LogP contribution in [0.5, 0.6) is 23.0 Å². The van der Waals surface area contributed by atoms with E-state index in [0.29, 0.717) is 47.8 Å². The number of carbonyl (C=O) groups is 2. The Morgan fingerprint density at radius 3 is 1.36 bits per heavy atom. The lowest BCUT2D eigenvalue weighted by atomic mass is 10.1. The lowest BCUT2D eigenvalue weighted by molar-refractivity contribution is 0.0729. The Hall–Kier alpha value is -3.80. The van der Waals surface area contributed by atoms with Gasteiger partial charge in [-0.2, -0.15) is 0 Å². The molecule has 3 aromatic rings. The van der Waals surface area contributed by atoms with E-state index in [1.165, 1.54) is 25.7 Å². The fourth-order valence-corrected chi connectivity index (χ4v) is 4.47. The van der Waals surface area contributed by atoms with Gasteiger partial charge < -0.3 is 18.9 Å². The number of rotatable bonds is 19. The topological polar surface area (TPSA) is 71.1 Å². The van der Waals surface area contributed by atoms with Crippen molar-refractivity contribution in [3.8, 4) is 23.0 Å². The summed E-state index contributed by atoms with van der Waals surface area (Å²) in [6.07, 6.45) is 11.5. The third-order valence-corrected chi connectivity index (χ3v) is 6.99. The highest BCUT2D eigenvalue weighted by atomic mass is 16.5. The standard InChI is InChI=1S/C36H46O6/c1-4-7-10-12-26-39-30-22-18-28(19-23-30)35(37)41-33-16-14-17-34(32(33)15-9-6-3)42-36(38)29-20-24-31(25-21-29)40-27-13-11-8-5-2/h14,16-25H,4-13,15,26-27H2,1-3H3. The van der Waals surface area contributed by atoms with Crippen LogP contribution in [0.3, 0.4) is 0 Å². The van der Waals surface area contributed by atoms with Gasteiger partial charge >= 0.3 is 11.9 Å². The lowest BCUT2D eigenvalue weighted by Gasteiger charge is -2.15. The van der Waals surface area contributed by atoms with E-state index < -0.39 is 11.9 Å². The van der Waals surface area contributed by atoms with Crippen molar-refractivity contribution >= 4 is 11.9 Å². The molecule has 0 aliphatic carbocycles. The molecule has 3 rings (SSSR count). The molecule has 0 aliphatic rings. The van der Waals surface area contributed by atoms with Crippen molar-refractivity contribution in [1.82, 2.24) is 0 Å². The lowest BCUT2D eigenvalue weighted by Crippen LogP contribution is -2.13. The summed E-state index contributed by atoms with van der Waals surface area (Å²) in [4.78, 5) is 26.0. The zero-order chi connectivity index (χ0) is 30.0. The maximum absolute atomic E-state index is 13.0. The average molecular weight is 575 g/mol. The number of hydrogen-bond acceptors (Lipinski definition) is 6. The summed E-state index contributed by atoms with van der Waals surface area (Å²) in [5.74, 6) is 1.29. The van der Waals surface area contributed by atoms with E-state index in [2.05, 4.69) is 20.8 Å². The summed E-state index contributed by atoms with van der Waals surface area (Å²) in [5, 5.41) is 0. The number of carbonyl (C=O) groups excluding carboxylic acids is 2. The number of hydrogen-bond donors (Lipinski definition) is 0. The minimum atomic E-state index is -0.476. The predicted molar refractivity (Wildman–Crippen MR) is 167 cm³/mol. The second-order valence-corrected chi connectivity index (χ2v) is 10.5. The summed E-state index contributed by atoms with van der Waals surface area (Å²) in [6, 6.07) is 19.2. The molecule has 6 heteroatoms. The summed E-state index contributed by atoms with van der Waals surface area (Å²) in [5.41, 5.74) is 1.54. The van der Waals surface area contributed by atoms with Gasteiger partial charge in [0.2, 0.25) is 0 Å². The second kappa shape index (κ2) is 18.6. The molecule has 0 saturated carbocycles. The van der Waals surface area contributed by atoms with Crippen LogP contribution < -0.4 is 18.9 Å². The highest BCUT2D eigenvalue weighted by molar-refractivity contribution is 5.92. The molecule has 0 amide bonds. The number of ether oxygens (including phenoxy) is 4. The summed E-state index contributed by atoms with van der Waals surface area (Å²) in [6.45, 7) is 7.77. The number of esters is 2. The molecule has 0 N–H and O–H groups in total. The SMILES string of the molecule is CCCCCCOc1ccc(C(=O)Oc2cccc(OC(=O)c3ccc(OCCCCCC)cc3)c2CCCC)cc1. The van der Waals surface area contributed by atoms with Crippen LogP contribution in [0, 0.1) is 0 Å². The summed E-state index contributed by atoms with van der Waals surface area (Å²) >= 11 is 0. The van der Waals surface area contributed by atoms with Gasteiger partial charge in [0.05, 0.1) is 24.3 Å². The predicted octanol–water partition coefficient (Wildman–Crippen LogP) is 9.39. The normalized spacial score (nSPS) is 10.7. The molecule has 0 saturated heterocycles. The zero-order valence-electron chi connectivity index (χ0n) is 25.5. The van der Waals surface area contributed by atoms with Gasteiger partial charge in [-0.15, -0.1) is 0 Å². The van der Waals surface area contributed by atoms with Crippen molar-refractivity contribution in [2.24, 2.45) is 0 Å². The quantitative estimate of drug-likeness (QED) is 0.0807. The van der Waals surface area contributed by atoms with E-state index >= 15 is 0 Å². The van der Waals surface area contributed by atoms with Crippen molar-refractivity contribution in [3.63, 3.8) is 0 Å². The first-order valence-electron chi connectivity index (χ1n) is 15.6. The zero-order valence-corrected chi connectivity index (χ0v) is 25.5. The minimum absolute atomic E-state index is 0.391. The first-order valence-corrected chi connectivity index (χ1v) is 15.6. The Morgan fingerprint density at radius 2 is 0.952 bits per heavy atom. The Bertz CT molecular complexity index is 1130. The third-order valence-electron chi connectivity index (χ3n) is 6.99. The minimum Gasteiger partial charge on any atom is -0.494 e. The Kier molecular flexibility index (Phi) is 14.5. The second-order valence-electron chi connectivity index (χ2n) is 10.5. The van der Waals surface area contributed by atoms with Crippen LogP contribution in [0.4, 0.5) is 0 Å². The highest BCUT2D eigenvalue weighted by Gasteiger charge is 2.18. The third kappa shape index (κ3) is 10.9. The van der Waals surface area contributed by atoms with Crippen LogP contribution in [0.25, 0.3) is 0 Å². The van der Waals surface area contributed by atoms with Crippen molar-refractivity contribution in [3.05, 3.63) is 83.4 Å². The molecule has 0 heterocycles. The van der Waals surface area contributed by atoms with Gasteiger partial charge in [-0.25, -0.2) is 9.59 Å². The molecule has 0 radical (unpaired) electrons. The monoisotopic (exact) mass is 574 g/mol. The number of unbranched alkanes of at least 4 members (excludes halogenated alkanes) is 7. The molecule has 0 atom stereocenters. The molecule has 0 spiro atoms. The maximum Gasteiger partial charge on any atom is 0.343 e. The molecular weight excluding hydrogens is 528 g/mol. The maximum atomic E-state index is 13.0. The van der Waals surface area contributed by atoms with Crippen molar-refractivity contribution in [1.29, 1.82) is 0 Å². The van der Waals surface area contributed by atoms with Gasteiger partial charge in [0.15, 0.2) is 0 Å². The molecule has 0 unspecified atom stereocenters. The molecular formula is C36H46O6. The highest BCUT2D eigenvalue weighted by Crippen LogP contribution is 2.32. The van der Waals surface area contributed by atoms with E-state index in [9.17, 15) is 9.59 Å². The van der Waals surface area contributed by atoms with Crippen LogP contribution in [-0.2, 0) is 6.42 Å². The summed E-state index contributed by atoms with van der Waals surface area (Å²) in [7, 11) is 0. The van der Waals surface area contributed by atoms with E-state index in [-0.39, 0.29) is 0 Å². The van der Waals surface area contributed by atoms with Crippen molar-refractivity contribution < 1.29 is 28.5 Å². The van der Waals surface area contributed by atoms with Gasteiger partial charge in [0, 0.05) is 5.56 Å². The number of benzene rings is 3. The smallest absolute Gasteiger partial charge is 0.343 e. The van der Waals surface area contributed by atoms with Gasteiger partial charge in [-0.05, 0) is 86.3 Å². The van der Waals surface area contributed by atoms with Gasteiger partial charge in [-0.1, -0.05) is 71.8 Å². The van der Waals surface area contributed by atoms with Crippen LogP contribution in [0.1, 0.15) is 111 Å². The van der Waals surface area contributed by atoms with Crippen LogP contribution in [-0.4, -0.2) is 25.2 Å². The van der Waals surface area contributed by atoms with Gasteiger partial charge in [0.25, 0.3) is 0 Å². The van der Waals surface area contributed by atoms with Crippen molar-refractivity contribution in [2.75, 3.05) is 13.2 Å². The van der Waals surface area contributed by atoms with Crippen molar-refractivity contribution in [2.45, 2.75) is 91.4 Å². The average Bonchev–Trinajstić information content (AvgIpc) is 3.01. The van der Waals surface area contributed by atoms with Crippen LogP contribution in [0.2, 0.25) is 0 Å². The molecule has 0 fully saturated rings. The molecule has 6 nitrogen and oxygen atoms in total. The Morgan fingerprint density at radius 1 is 0.524 bits per heavy atom. The first-order chi connectivity index (χ1) is 20.5. The van der Waals surface area contributed by atoms with E-state index in [1.807, 2.05) is 0 Å². The van der Waals surface area contributed by atoms with Gasteiger partial charge in [0.1, 0.15) is 23.0 Å². The molecule has 0 aromatic heterocycles. The molecule has 3 aromatic carbocycles. The fourth-order valence-electron chi connectivity index (χ4n) is 4.47. The largest absolute Gasteiger partial charge is 0.494 e. The van der Waals surface area contributed by atoms with E-state index in [1.54, 1.807) is 66.7 Å². The molecule has 42 heavy (non-hydrogen) atoms. The summed E-state index contributed by atoms with van der Waals surface area (Å²) < 4.78 is 23.2. The molecule has 226 valence electrons. The molecule has 0 aliphatic heterocycles. The van der Waals surface area contributed by atoms with Crippen LogP contribution in [0.15, 0.2) is 66.7 Å². The Balaban J connectivity index is 1.63. The van der Waals surface area contributed by atoms with Crippen LogP contribution >= 0.6 is 0 Å². The van der Waals surface area contributed by atoms with Gasteiger partial charge in [-0.3, -0.25) is 0 Å². The van der Waals surface area contributed by atoms with E-state index in [4.69, 9.17) is 18.9 Å².